The maximum atomic E-state index is 4.71. The van der Waals surface area contributed by atoms with E-state index in [1.165, 1.54) is 5.56 Å². The highest BCUT2D eigenvalue weighted by molar-refractivity contribution is 5.74. The van der Waals surface area contributed by atoms with Crippen molar-refractivity contribution in [2.24, 2.45) is 7.05 Å². The fraction of sp³-hybridized carbons (Fsp3) is 0.133. The molecule has 3 nitrogen and oxygen atoms in total. The molecular weight excluding hydrogens is 222 g/mol. The van der Waals surface area contributed by atoms with Gasteiger partial charge in [0.15, 0.2) is 5.52 Å². The van der Waals surface area contributed by atoms with Crippen LogP contribution in [0.5, 0.6) is 0 Å². The molecule has 0 atom stereocenters. The number of aromatic nitrogens is 3. The highest BCUT2D eigenvalue weighted by Gasteiger charge is 2.16. The second kappa shape index (κ2) is 4.18. The number of hydrogen-bond donors (Lipinski definition) is 0. The molecule has 0 saturated heterocycles. The van der Waals surface area contributed by atoms with Crippen molar-refractivity contribution in [3.63, 3.8) is 0 Å². The first kappa shape index (κ1) is 10.8. The van der Waals surface area contributed by atoms with Crippen LogP contribution >= 0.6 is 0 Å². The van der Waals surface area contributed by atoms with Crippen molar-refractivity contribution < 1.29 is 4.57 Å². The molecule has 2 heterocycles. The molecule has 0 unspecified atom stereocenters. The van der Waals surface area contributed by atoms with Gasteiger partial charge in [0.2, 0.25) is 5.52 Å². The quantitative estimate of drug-likeness (QED) is 0.607. The van der Waals surface area contributed by atoms with E-state index in [-0.39, 0.29) is 0 Å². The number of rotatable bonds is 1. The van der Waals surface area contributed by atoms with E-state index in [4.69, 9.17) is 4.98 Å². The molecule has 3 aromatic rings. The summed E-state index contributed by atoms with van der Waals surface area (Å²) in [5.74, 6) is 0.966. The molecule has 0 spiro atoms. The van der Waals surface area contributed by atoms with Gasteiger partial charge in [-0.05, 0) is 35.7 Å². The van der Waals surface area contributed by atoms with Crippen molar-refractivity contribution in [2.75, 3.05) is 0 Å². The van der Waals surface area contributed by atoms with E-state index in [1.54, 1.807) is 6.20 Å². The van der Waals surface area contributed by atoms with Crippen LogP contribution in [0.4, 0.5) is 0 Å². The number of aryl methyl sites for hydroxylation is 2. The van der Waals surface area contributed by atoms with Gasteiger partial charge < -0.3 is 0 Å². The van der Waals surface area contributed by atoms with Gasteiger partial charge in [-0.1, -0.05) is 18.2 Å². The Labute approximate surface area is 106 Å². The molecule has 0 N–H and O–H groups in total. The van der Waals surface area contributed by atoms with E-state index in [0.717, 1.165) is 22.4 Å². The Morgan fingerprint density at radius 3 is 2.67 bits per heavy atom. The van der Waals surface area contributed by atoms with E-state index >= 15 is 0 Å². The van der Waals surface area contributed by atoms with Crippen molar-refractivity contribution in [2.45, 2.75) is 6.92 Å². The van der Waals surface area contributed by atoms with E-state index < -0.39 is 0 Å². The van der Waals surface area contributed by atoms with Crippen molar-refractivity contribution in [1.82, 2.24) is 9.97 Å². The van der Waals surface area contributed by atoms with Crippen molar-refractivity contribution in [1.29, 1.82) is 0 Å². The molecule has 2 aromatic heterocycles. The van der Waals surface area contributed by atoms with Crippen molar-refractivity contribution in [3.05, 3.63) is 54.4 Å². The Morgan fingerprint density at radius 2 is 1.83 bits per heavy atom. The van der Waals surface area contributed by atoms with Crippen LogP contribution < -0.4 is 4.57 Å². The van der Waals surface area contributed by atoms with Crippen LogP contribution in [0.25, 0.3) is 22.4 Å². The zero-order chi connectivity index (χ0) is 12.5. The highest BCUT2D eigenvalue weighted by Crippen LogP contribution is 2.19. The first-order valence-corrected chi connectivity index (χ1v) is 5.93. The molecule has 88 valence electrons. The van der Waals surface area contributed by atoms with Crippen LogP contribution in [0, 0.1) is 6.92 Å². The first-order chi connectivity index (χ1) is 8.75. The number of hydrogen-bond acceptors (Lipinski definition) is 2. The van der Waals surface area contributed by atoms with Crippen LogP contribution in [-0.4, -0.2) is 9.97 Å². The highest BCUT2D eigenvalue weighted by atomic mass is 15.0. The summed E-state index contributed by atoms with van der Waals surface area (Å²) >= 11 is 0. The summed E-state index contributed by atoms with van der Waals surface area (Å²) in [7, 11) is 2.00. The third-order valence-electron chi connectivity index (χ3n) is 3.08. The molecule has 0 radical (unpaired) electrons. The van der Waals surface area contributed by atoms with Gasteiger partial charge in [-0.15, -0.1) is 0 Å². The predicted octanol–water partition coefficient (Wildman–Crippen LogP) is 2.43. The summed E-state index contributed by atoms with van der Waals surface area (Å²) in [6.45, 7) is 2.10. The number of nitrogens with zero attached hydrogens (tertiary/aromatic N) is 3. The summed E-state index contributed by atoms with van der Waals surface area (Å²) in [4.78, 5) is 9.02. The standard InChI is InChI=1S/C15H14N3/c1-11-6-3-4-7-12(11)15-17-13-8-5-9-16-14(13)10-18(15)2/h3-10H,1-2H3/q+1. The van der Waals surface area contributed by atoms with Gasteiger partial charge in [-0.3, -0.25) is 0 Å². The fourth-order valence-electron chi connectivity index (χ4n) is 2.11. The average Bonchev–Trinajstić information content (AvgIpc) is 2.39. The van der Waals surface area contributed by atoms with E-state index in [1.807, 2.05) is 42.1 Å². The lowest BCUT2D eigenvalue weighted by atomic mass is 10.1. The third kappa shape index (κ3) is 1.74. The van der Waals surface area contributed by atoms with E-state index in [0.29, 0.717) is 0 Å². The zero-order valence-corrected chi connectivity index (χ0v) is 10.5. The molecule has 0 bridgehead atoms. The van der Waals surface area contributed by atoms with Gasteiger partial charge in [-0.2, -0.15) is 0 Å². The Morgan fingerprint density at radius 1 is 1.00 bits per heavy atom. The molecular formula is C15H14N3+. The normalized spacial score (nSPS) is 10.8. The van der Waals surface area contributed by atoms with Gasteiger partial charge in [0.25, 0.3) is 0 Å². The molecule has 3 heteroatoms. The first-order valence-electron chi connectivity index (χ1n) is 5.93. The second-order valence-corrected chi connectivity index (χ2v) is 4.40. The van der Waals surface area contributed by atoms with Gasteiger partial charge in [0.1, 0.15) is 6.20 Å². The Balaban J connectivity index is 2.30. The molecule has 1 aromatic carbocycles. The maximum absolute atomic E-state index is 4.71. The molecule has 0 saturated carbocycles. The largest absolute Gasteiger partial charge is 0.331 e. The minimum atomic E-state index is 0.914. The molecule has 0 amide bonds. The molecule has 0 fully saturated rings. The predicted molar refractivity (Wildman–Crippen MR) is 70.9 cm³/mol. The van der Waals surface area contributed by atoms with Crippen LogP contribution in [0.1, 0.15) is 5.56 Å². The number of benzene rings is 1. The van der Waals surface area contributed by atoms with Gasteiger partial charge in [0.05, 0.1) is 12.6 Å². The summed E-state index contributed by atoms with van der Waals surface area (Å²) in [6, 6.07) is 12.2. The van der Waals surface area contributed by atoms with Gasteiger partial charge >= 0.3 is 5.82 Å². The van der Waals surface area contributed by atoms with E-state index in [9.17, 15) is 0 Å². The average molecular weight is 236 g/mol. The molecule has 0 aliphatic rings. The zero-order valence-electron chi connectivity index (χ0n) is 10.5. The summed E-state index contributed by atoms with van der Waals surface area (Å²) < 4.78 is 2.03. The van der Waals surface area contributed by atoms with E-state index in [2.05, 4.69) is 24.0 Å². The lowest BCUT2D eigenvalue weighted by Crippen LogP contribution is -2.32. The SMILES string of the molecule is Cc1ccccc1-c1nc2cccnc2c[n+]1C. The smallest absolute Gasteiger partial charge is 0.248 e. The Hall–Kier alpha value is -2.29. The number of pyridine rings is 1. The Bertz CT molecular complexity index is 720. The van der Waals surface area contributed by atoms with Crippen LogP contribution in [-0.2, 0) is 7.05 Å². The van der Waals surface area contributed by atoms with Crippen LogP contribution in [0.3, 0.4) is 0 Å². The molecule has 18 heavy (non-hydrogen) atoms. The second-order valence-electron chi connectivity index (χ2n) is 4.40. The van der Waals surface area contributed by atoms with Crippen molar-refractivity contribution >= 4 is 11.0 Å². The number of fused-ring (bicyclic) bond motifs is 1. The van der Waals surface area contributed by atoms with Gasteiger partial charge in [0, 0.05) is 6.20 Å². The maximum Gasteiger partial charge on any atom is 0.331 e. The molecule has 3 rings (SSSR count). The minimum Gasteiger partial charge on any atom is -0.248 e. The summed E-state index contributed by atoms with van der Waals surface area (Å²) in [6.07, 6.45) is 3.81. The lowest BCUT2D eigenvalue weighted by Gasteiger charge is -2.03. The third-order valence-corrected chi connectivity index (χ3v) is 3.08. The lowest BCUT2D eigenvalue weighted by molar-refractivity contribution is -0.661. The molecule has 0 aliphatic heterocycles. The minimum absolute atomic E-state index is 0.914. The molecule has 0 aliphatic carbocycles. The topological polar surface area (TPSA) is 29.7 Å². The van der Waals surface area contributed by atoms with Crippen LogP contribution in [0.15, 0.2) is 48.8 Å². The summed E-state index contributed by atoms with van der Waals surface area (Å²) in [5.41, 5.74) is 4.22. The van der Waals surface area contributed by atoms with Crippen LogP contribution in [0.2, 0.25) is 0 Å². The van der Waals surface area contributed by atoms with Gasteiger partial charge in [-0.25, -0.2) is 9.55 Å². The van der Waals surface area contributed by atoms with Crippen molar-refractivity contribution in [3.8, 4) is 11.4 Å². The summed E-state index contributed by atoms with van der Waals surface area (Å²) in [5, 5.41) is 0. The monoisotopic (exact) mass is 236 g/mol. The Kier molecular flexibility index (Phi) is 2.52. The fourth-order valence-corrected chi connectivity index (χ4v) is 2.11.